The van der Waals surface area contributed by atoms with Gasteiger partial charge < -0.3 is 13.7 Å². The minimum atomic E-state index is -0.335. The van der Waals surface area contributed by atoms with Crippen molar-refractivity contribution >= 4 is 27.6 Å². The summed E-state index contributed by atoms with van der Waals surface area (Å²) >= 11 is 0. The van der Waals surface area contributed by atoms with Gasteiger partial charge in [0, 0.05) is 52.8 Å². The molecule has 1 aliphatic heterocycles. The van der Waals surface area contributed by atoms with E-state index in [1.54, 1.807) is 0 Å². The van der Waals surface area contributed by atoms with Gasteiger partial charge in [-0.15, -0.1) is 0 Å². The molecule has 6 rings (SSSR count). The van der Waals surface area contributed by atoms with Crippen LogP contribution in [-0.2, 0) is 0 Å². The van der Waals surface area contributed by atoms with Crippen molar-refractivity contribution in [2.24, 2.45) is 0 Å². The summed E-state index contributed by atoms with van der Waals surface area (Å²) < 4.78 is 14.5. The number of fused-ring (bicyclic) bond motifs is 3. The van der Waals surface area contributed by atoms with Crippen LogP contribution in [0.15, 0.2) is 105 Å². The van der Waals surface area contributed by atoms with Crippen LogP contribution in [0.5, 0.6) is 0 Å². The van der Waals surface area contributed by atoms with Crippen molar-refractivity contribution < 1.29 is 8.83 Å². The molecule has 0 spiro atoms. The molecule has 41 heavy (non-hydrogen) atoms. The summed E-state index contributed by atoms with van der Waals surface area (Å²) in [6.07, 6.45) is 0. The van der Waals surface area contributed by atoms with Gasteiger partial charge in [-0.1, -0.05) is 42.5 Å². The van der Waals surface area contributed by atoms with Crippen molar-refractivity contribution in [1.82, 2.24) is 4.58 Å². The molecule has 0 amide bonds. The van der Waals surface area contributed by atoms with E-state index in [2.05, 4.69) is 85.7 Å². The Bertz CT molecular complexity index is 1950. The lowest BCUT2D eigenvalue weighted by Crippen LogP contribution is -2.29. The molecule has 1 aromatic heterocycles. The maximum absolute atomic E-state index is 12.8. The summed E-state index contributed by atoms with van der Waals surface area (Å²) in [7, 11) is 0. The molecular formula is C36H35N2O3+. The molecule has 2 aliphatic rings. The predicted octanol–water partition coefficient (Wildman–Crippen LogP) is 7.64. The van der Waals surface area contributed by atoms with Gasteiger partial charge in [0.2, 0.25) is 5.36 Å². The number of hydrogen-bond donors (Lipinski definition) is 0. The van der Waals surface area contributed by atoms with Crippen LogP contribution in [0.25, 0.3) is 55.5 Å². The van der Waals surface area contributed by atoms with Crippen LogP contribution in [0.2, 0.25) is 0 Å². The third-order valence-corrected chi connectivity index (χ3v) is 8.07. The number of para-hydroxylation sites is 1. The molecule has 0 saturated heterocycles. The summed E-state index contributed by atoms with van der Waals surface area (Å²) in [6, 6.07) is 30.7. The topological polar surface area (TPSA) is 49.6 Å². The number of hydrogen-bond acceptors (Lipinski definition) is 4. The smallest absolute Gasteiger partial charge is 0.344 e. The van der Waals surface area contributed by atoms with Crippen LogP contribution < -0.4 is 20.5 Å². The van der Waals surface area contributed by atoms with Crippen LogP contribution >= 0.6 is 0 Å². The first-order valence-corrected chi connectivity index (χ1v) is 14.5. The van der Waals surface area contributed by atoms with Gasteiger partial charge in [-0.25, -0.2) is 9.37 Å². The molecule has 206 valence electrons. The van der Waals surface area contributed by atoms with Crippen LogP contribution in [0.1, 0.15) is 27.7 Å². The highest BCUT2D eigenvalue weighted by molar-refractivity contribution is 6.02. The predicted molar refractivity (Wildman–Crippen MR) is 170 cm³/mol. The van der Waals surface area contributed by atoms with E-state index in [0.29, 0.717) is 11.1 Å². The molecule has 2 heterocycles. The Hall–Kier alpha value is -4.64. The molecule has 3 aromatic carbocycles. The minimum Gasteiger partial charge on any atom is -0.456 e. The molecule has 0 saturated carbocycles. The molecule has 0 atom stereocenters. The van der Waals surface area contributed by atoms with Gasteiger partial charge >= 0.3 is 5.63 Å². The van der Waals surface area contributed by atoms with Crippen molar-refractivity contribution in [2.45, 2.75) is 27.7 Å². The first kappa shape index (κ1) is 26.6. The van der Waals surface area contributed by atoms with Crippen molar-refractivity contribution in [2.75, 3.05) is 31.1 Å². The van der Waals surface area contributed by atoms with Gasteiger partial charge in [-0.05, 0) is 69.2 Å². The largest absolute Gasteiger partial charge is 0.456 e. The highest BCUT2D eigenvalue weighted by Crippen LogP contribution is 2.41. The summed E-state index contributed by atoms with van der Waals surface area (Å²) in [5, 5.41) is 3.11. The zero-order chi connectivity index (χ0) is 28.5. The van der Waals surface area contributed by atoms with Crippen LogP contribution in [0, 0.1) is 0 Å². The number of benzene rings is 4. The zero-order valence-electron chi connectivity index (χ0n) is 24.1. The second kappa shape index (κ2) is 11.1. The fourth-order valence-electron chi connectivity index (χ4n) is 5.83. The molecule has 0 N–H and O–H groups in total. The maximum Gasteiger partial charge on any atom is 0.344 e. The quantitative estimate of drug-likeness (QED) is 0.118. The lowest BCUT2D eigenvalue weighted by atomic mass is 9.92. The maximum atomic E-state index is 12.8. The summed E-state index contributed by atoms with van der Waals surface area (Å²) in [4.78, 5) is 15.2. The SMILES string of the molecule is CCN(CC)c1ccc2c(-c3ccc(-c4cc5ccccc5oc4=O)cc3)c3ccc(=[N+](CC)CC)cc-3oc2c1. The molecule has 0 radical (unpaired) electrons. The van der Waals surface area contributed by atoms with E-state index in [1.807, 2.05) is 42.5 Å². The van der Waals surface area contributed by atoms with Crippen LogP contribution in [0.4, 0.5) is 5.69 Å². The third kappa shape index (κ3) is 4.82. The van der Waals surface area contributed by atoms with E-state index < -0.39 is 0 Å². The Balaban J connectivity index is 1.55. The van der Waals surface area contributed by atoms with E-state index in [1.165, 1.54) is 0 Å². The monoisotopic (exact) mass is 543 g/mol. The van der Waals surface area contributed by atoms with E-state index in [-0.39, 0.29) is 5.63 Å². The first-order valence-electron chi connectivity index (χ1n) is 14.5. The molecule has 1 aliphatic carbocycles. The summed E-state index contributed by atoms with van der Waals surface area (Å²) in [5.41, 5.74) is 6.89. The Morgan fingerprint density at radius 3 is 2.15 bits per heavy atom. The molecule has 5 heteroatoms. The van der Waals surface area contributed by atoms with Crippen molar-refractivity contribution in [3.05, 3.63) is 107 Å². The standard InChI is InChI=1S/C36H35N2O3/c1-5-37(6-2)27-17-19-29-33(22-27)40-34-23-28(38(7-3)8-4)18-20-30(34)35(29)25-15-13-24(14-16-25)31-21-26-11-9-10-12-32(26)41-36(31)39/h9-23H,5-8H2,1-4H3/q+1. The molecule has 0 bridgehead atoms. The van der Waals surface area contributed by atoms with E-state index in [4.69, 9.17) is 8.83 Å². The van der Waals surface area contributed by atoms with Crippen molar-refractivity contribution in [1.29, 1.82) is 0 Å². The lowest BCUT2D eigenvalue weighted by molar-refractivity contribution is 0.563. The average molecular weight is 544 g/mol. The highest BCUT2D eigenvalue weighted by atomic mass is 16.4. The third-order valence-electron chi connectivity index (χ3n) is 8.07. The van der Waals surface area contributed by atoms with Crippen LogP contribution in [-0.4, -0.2) is 26.2 Å². The second-order valence-electron chi connectivity index (χ2n) is 10.2. The van der Waals surface area contributed by atoms with Crippen LogP contribution in [0.3, 0.4) is 0 Å². The Morgan fingerprint density at radius 2 is 1.41 bits per heavy atom. The Labute approximate surface area is 240 Å². The summed E-state index contributed by atoms with van der Waals surface area (Å²) in [6.45, 7) is 12.4. The van der Waals surface area contributed by atoms with E-state index in [9.17, 15) is 4.79 Å². The van der Waals surface area contributed by atoms with Gasteiger partial charge in [-0.2, -0.15) is 0 Å². The van der Waals surface area contributed by atoms with E-state index >= 15 is 0 Å². The second-order valence-corrected chi connectivity index (χ2v) is 10.2. The first-order chi connectivity index (χ1) is 20.0. The summed E-state index contributed by atoms with van der Waals surface area (Å²) in [5.74, 6) is 0.854. The van der Waals surface area contributed by atoms with E-state index in [0.717, 1.165) is 81.6 Å². The van der Waals surface area contributed by atoms with Crippen molar-refractivity contribution in [3.8, 4) is 33.6 Å². The fraction of sp³-hybridized carbons (Fsp3) is 0.222. The Kier molecular flexibility index (Phi) is 7.19. The normalized spacial score (nSPS) is 11.4. The molecule has 0 unspecified atom stereocenters. The van der Waals surface area contributed by atoms with Crippen molar-refractivity contribution in [3.63, 3.8) is 0 Å². The zero-order valence-corrected chi connectivity index (χ0v) is 24.1. The Morgan fingerprint density at radius 1 is 0.683 bits per heavy atom. The number of rotatable bonds is 7. The van der Waals surface area contributed by atoms with Gasteiger partial charge in [0.05, 0.1) is 11.6 Å². The van der Waals surface area contributed by atoms with Gasteiger partial charge in [0.1, 0.15) is 30.0 Å². The molecular weight excluding hydrogens is 508 g/mol. The fourth-order valence-corrected chi connectivity index (χ4v) is 5.83. The molecule has 4 aromatic rings. The highest BCUT2D eigenvalue weighted by Gasteiger charge is 2.20. The minimum absolute atomic E-state index is 0.335. The lowest BCUT2D eigenvalue weighted by Gasteiger charge is -2.22. The molecule has 0 fully saturated rings. The van der Waals surface area contributed by atoms with Gasteiger partial charge in [-0.3, -0.25) is 0 Å². The molecule has 5 nitrogen and oxygen atoms in total. The number of nitrogens with zero attached hydrogens (tertiary/aromatic N) is 2. The average Bonchev–Trinajstić information content (AvgIpc) is 3.01. The number of anilines is 1. The van der Waals surface area contributed by atoms with Gasteiger partial charge in [0.25, 0.3) is 0 Å². The van der Waals surface area contributed by atoms with Gasteiger partial charge in [0.15, 0.2) is 0 Å².